The summed E-state index contributed by atoms with van der Waals surface area (Å²) in [6.45, 7) is 0. The zero-order valence-corrected chi connectivity index (χ0v) is 12.5. The molecule has 0 fully saturated rings. The van der Waals surface area contributed by atoms with Crippen molar-refractivity contribution in [2.45, 2.75) is 0 Å². The standard InChI is InChI=1S/C15H8Cl2FN3O/c16-12-4-2-10(5-13(12)17)8-20-21-15(22)11-3-1-9(7-19)6-14(11)18/h1-6,8H,(H,21,22)/b20-8-. The van der Waals surface area contributed by atoms with Gasteiger partial charge in [-0.05, 0) is 35.9 Å². The average molecular weight is 336 g/mol. The summed E-state index contributed by atoms with van der Waals surface area (Å²) < 4.78 is 13.6. The molecule has 1 amide bonds. The molecule has 2 rings (SSSR count). The maximum Gasteiger partial charge on any atom is 0.274 e. The minimum absolute atomic E-state index is 0.133. The van der Waals surface area contributed by atoms with E-state index in [9.17, 15) is 9.18 Å². The molecular formula is C15H8Cl2FN3O. The van der Waals surface area contributed by atoms with Crippen LogP contribution in [0, 0.1) is 17.1 Å². The van der Waals surface area contributed by atoms with Crippen LogP contribution < -0.4 is 5.43 Å². The zero-order valence-electron chi connectivity index (χ0n) is 11.0. The smallest absolute Gasteiger partial charge is 0.267 e. The lowest BCUT2D eigenvalue weighted by Gasteiger charge is -2.02. The predicted octanol–water partition coefficient (Wildman–Crippen LogP) is 3.77. The van der Waals surface area contributed by atoms with E-state index in [1.165, 1.54) is 18.3 Å². The molecule has 0 atom stereocenters. The molecule has 0 radical (unpaired) electrons. The van der Waals surface area contributed by atoms with E-state index in [-0.39, 0.29) is 11.1 Å². The fraction of sp³-hybridized carbons (Fsp3) is 0. The largest absolute Gasteiger partial charge is 0.274 e. The Labute approximate surface area is 135 Å². The minimum atomic E-state index is -0.790. The Morgan fingerprint density at radius 1 is 1.23 bits per heavy atom. The predicted molar refractivity (Wildman–Crippen MR) is 82.6 cm³/mol. The minimum Gasteiger partial charge on any atom is -0.267 e. The SMILES string of the molecule is N#Cc1ccc(C(=O)N/N=C\c2ccc(Cl)c(Cl)c2)c(F)c1. The van der Waals surface area contributed by atoms with Gasteiger partial charge in [0.15, 0.2) is 0 Å². The van der Waals surface area contributed by atoms with Crippen molar-refractivity contribution in [2.75, 3.05) is 0 Å². The fourth-order valence-electron chi connectivity index (χ4n) is 1.59. The van der Waals surface area contributed by atoms with Crippen LogP contribution in [0.3, 0.4) is 0 Å². The van der Waals surface area contributed by atoms with Gasteiger partial charge in [0.2, 0.25) is 0 Å². The molecule has 0 unspecified atom stereocenters. The van der Waals surface area contributed by atoms with Crippen molar-refractivity contribution in [3.63, 3.8) is 0 Å². The van der Waals surface area contributed by atoms with Crippen molar-refractivity contribution < 1.29 is 9.18 Å². The molecule has 0 aliphatic carbocycles. The first-order valence-corrected chi connectivity index (χ1v) is 6.75. The number of hydrogen-bond acceptors (Lipinski definition) is 3. The third-order valence-electron chi connectivity index (χ3n) is 2.67. The van der Waals surface area contributed by atoms with Gasteiger partial charge < -0.3 is 0 Å². The molecule has 1 N–H and O–H groups in total. The van der Waals surface area contributed by atoms with E-state index in [2.05, 4.69) is 10.5 Å². The Hall–Kier alpha value is -2.42. The third kappa shape index (κ3) is 3.82. The van der Waals surface area contributed by atoms with Crippen molar-refractivity contribution in [1.82, 2.24) is 5.43 Å². The molecule has 0 heterocycles. The highest BCUT2D eigenvalue weighted by atomic mass is 35.5. The zero-order chi connectivity index (χ0) is 16.1. The first-order valence-electron chi connectivity index (χ1n) is 5.99. The molecule has 2 aromatic carbocycles. The quantitative estimate of drug-likeness (QED) is 0.685. The van der Waals surface area contributed by atoms with Crippen molar-refractivity contribution >= 4 is 35.3 Å². The number of nitriles is 1. The Morgan fingerprint density at radius 2 is 2.00 bits per heavy atom. The Kier molecular flexibility index (Phi) is 5.10. The van der Waals surface area contributed by atoms with Crippen LogP contribution in [-0.2, 0) is 0 Å². The van der Waals surface area contributed by atoms with Gasteiger partial charge in [-0.25, -0.2) is 9.82 Å². The number of nitrogens with zero attached hydrogens (tertiary/aromatic N) is 2. The normalized spacial score (nSPS) is 10.5. The summed E-state index contributed by atoms with van der Waals surface area (Å²) >= 11 is 11.6. The van der Waals surface area contributed by atoms with Crippen LogP contribution in [0.2, 0.25) is 10.0 Å². The number of halogens is 3. The first kappa shape index (κ1) is 16.0. The van der Waals surface area contributed by atoms with E-state index in [0.29, 0.717) is 15.6 Å². The first-order chi connectivity index (χ1) is 10.5. The van der Waals surface area contributed by atoms with Gasteiger partial charge in [-0.15, -0.1) is 0 Å². The van der Waals surface area contributed by atoms with Gasteiger partial charge in [-0.1, -0.05) is 29.3 Å². The van der Waals surface area contributed by atoms with E-state index >= 15 is 0 Å². The van der Waals surface area contributed by atoms with Crippen molar-refractivity contribution in [3.05, 3.63) is 69.0 Å². The van der Waals surface area contributed by atoms with E-state index in [1.54, 1.807) is 24.3 Å². The molecule has 22 heavy (non-hydrogen) atoms. The molecule has 110 valence electrons. The lowest BCUT2D eigenvalue weighted by molar-refractivity contribution is 0.0951. The number of carbonyl (C=O) groups excluding carboxylic acids is 1. The molecule has 0 aromatic heterocycles. The van der Waals surface area contributed by atoms with Gasteiger partial charge in [0.25, 0.3) is 5.91 Å². The molecule has 0 aliphatic rings. The van der Waals surface area contributed by atoms with Crippen molar-refractivity contribution in [2.24, 2.45) is 5.10 Å². The second-order valence-corrected chi connectivity index (χ2v) is 4.99. The summed E-state index contributed by atoms with van der Waals surface area (Å²) in [4.78, 5) is 11.8. The molecule has 0 saturated heterocycles. The van der Waals surface area contributed by atoms with Crippen LogP contribution in [0.25, 0.3) is 0 Å². The van der Waals surface area contributed by atoms with E-state index in [4.69, 9.17) is 28.5 Å². The molecule has 0 bridgehead atoms. The summed E-state index contributed by atoms with van der Waals surface area (Å²) in [6.07, 6.45) is 1.35. The van der Waals surface area contributed by atoms with E-state index in [0.717, 1.165) is 6.07 Å². The van der Waals surface area contributed by atoms with Crippen molar-refractivity contribution in [3.8, 4) is 6.07 Å². The van der Waals surface area contributed by atoms with Gasteiger partial charge in [-0.2, -0.15) is 10.4 Å². The number of nitrogens with one attached hydrogen (secondary N) is 1. The maximum atomic E-state index is 13.6. The van der Waals surface area contributed by atoms with E-state index < -0.39 is 11.7 Å². The van der Waals surface area contributed by atoms with Crippen LogP contribution >= 0.6 is 23.2 Å². The average Bonchev–Trinajstić information content (AvgIpc) is 2.50. The van der Waals surface area contributed by atoms with Gasteiger partial charge in [0.1, 0.15) is 5.82 Å². The number of benzene rings is 2. The second-order valence-electron chi connectivity index (χ2n) is 4.18. The molecule has 7 heteroatoms. The molecular weight excluding hydrogens is 328 g/mol. The lowest BCUT2D eigenvalue weighted by atomic mass is 10.1. The molecule has 4 nitrogen and oxygen atoms in total. The molecule has 0 spiro atoms. The van der Waals surface area contributed by atoms with Crippen LogP contribution in [-0.4, -0.2) is 12.1 Å². The third-order valence-corrected chi connectivity index (χ3v) is 3.41. The lowest BCUT2D eigenvalue weighted by Crippen LogP contribution is -2.19. The highest BCUT2D eigenvalue weighted by molar-refractivity contribution is 6.42. The van der Waals surface area contributed by atoms with Crippen molar-refractivity contribution in [1.29, 1.82) is 5.26 Å². The summed E-state index contributed by atoms with van der Waals surface area (Å²) in [5.41, 5.74) is 2.74. The van der Waals surface area contributed by atoms with Gasteiger partial charge in [-0.3, -0.25) is 4.79 Å². The monoisotopic (exact) mass is 335 g/mol. The Morgan fingerprint density at radius 3 is 2.64 bits per heavy atom. The second kappa shape index (κ2) is 7.03. The van der Waals surface area contributed by atoms with E-state index in [1.807, 2.05) is 0 Å². The number of carbonyl (C=O) groups is 1. The molecule has 0 aliphatic heterocycles. The molecule has 0 saturated carbocycles. The summed E-state index contributed by atoms with van der Waals surface area (Å²) in [6, 6.07) is 10.2. The summed E-state index contributed by atoms with van der Waals surface area (Å²) in [5.74, 6) is -1.51. The molecule has 2 aromatic rings. The van der Waals surface area contributed by atoms with Gasteiger partial charge >= 0.3 is 0 Å². The summed E-state index contributed by atoms with van der Waals surface area (Å²) in [5, 5.41) is 13.1. The van der Waals surface area contributed by atoms with Crippen LogP contribution in [0.4, 0.5) is 4.39 Å². The summed E-state index contributed by atoms with van der Waals surface area (Å²) in [7, 11) is 0. The fourth-order valence-corrected chi connectivity index (χ4v) is 1.89. The Bertz CT molecular complexity index is 800. The van der Waals surface area contributed by atoms with Crippen LogP contribution in [0.15, 0.2) is 41.5 Å². The Balaban J connectivity index is 2.08. The topological polar surface area (TPSA) is 65.2 Å². The highest BCUT2D eigenvalue weighted by Crippen LogP contribution is 2.21. The van der Waals surface area contributed by atoms with Crippen LogP contribution in [0.1, 0.15) is 21.5 Å². The number of amides is 1. The van der Waals surface area contributed by atoms with Crippen LogP contribution in [0.5, 0.6) is 0 Å². The number of hydrogen-bond donors (Lipinski definition) is 1. The van der Waals surface area contributed by atoms with Gasteiger partial charge in [0.05, 0.1) is 33.5 Å². The number of hydrazone groups is 1. The van der Waals surface area contributed by atoms with Gasteiger partial charge in [0, 0.05) is 0 Å². The number of rotatable bonds is 3. The highest BCUT2D eigenvalue weighted by Gasteiger charge is 2.11. The maximum absolute atomic E-state index is 13.6.